The summed E-state index contributed by atoms with van der Waals surface area (Å²) in [5, 5.41) is 8.07. The van der Waals surface area contributed by atoms with Crippen molar-refractivity contribution in [3.8, 4) is 0 Å². The van der Waals surface area contributed by atoms with Crippen molar-refractivity contribution in [2.45, 2.75) is 13.5 Å². The third-order valence-corrected chi connectivity index (χ3v) is 3.43. The van der Waals surface area contributed by atoms with Crippen LogP contribution in [0.25, 0.3) is 0 Å². The molecule has 1 aromatic heterocycles. The van der Waals surface area contributed by atoms with Crippen LogP contribution in [0.15, 0.2) is 28.7 Å². The summed E-state index contributed by atoms with van der Waals surface area (Å²) in [4.78, 5) is 12.9. The summed E-state index contributed by atoms with van der Waals surface area (Å²) in [5.74, 6) is 0.0555. The lowest BCUT2D eigenvalue weighted by Gasteiger charge is -2.21. The number of thiophene rings is 1. The standard InChI is InChI=1S/C11H14N2OS/c1-8(9-5-12-6-9)11(14)13-7-10-3-2-4-15-10/h2-4,12H,5-7H2,1H3,(H,13,14). The molecule has 2 rings (SSSR count). The second-order valence-electron chi connectivity index (χ2n) is 3.59. The Morgan fingerprint density at radius 2 is 2.40 bits per heavy atom. The van der Waals surface area contributed by atoms with E-state index in [1.165, 1.54) is 10.5 Å². The molecule has 2 heterocycles. The van der Waals surface area contributed by atoms with Gasteiger partial charge < -0.3 is 10.6 Å². The van der Waals surface area contributed by atoms with Gasteiger partial charge in [-0.3, -0.25) is 4.79 Å². The van der Waals surface area contributed by atoms with E-state index in [4.69, 9.17) is 0 Å². The second kappa shape index (κ2) is 4.59. The zero-order valence-corrected chi connectivity index (χ0v) is 9.49. The van der Waals surface area contributed by atoms with Crippen molar-refractivity contribution < 1.29 is 4.79 Å². The number of hydrogen-bond donors (Lipinski definition) is 2. The van der Waals surface area contributed by atoms with Crippen LogP contribution >= 0.6 is 11.3 Å². The molecule has 0 radical (unpaired) electrons. The van der Waals surface area contributed by atoms with Crippen LogP contribution in [0, 0.1) is 0 Å². The fourth-order valence-electron chi connectivity index (χ4n) is 1.39. The Hall–Kier alpha value is -1.13. The lowest BCUT2D eigenvalue weighted by atomic mass is 10.0. The maximum Gasteiger partial charge on any atom is 0.247 e. The predicted molar refractivity (Wildman–Crippen MR) is 61.7 cm³/mol. The number of rotatable bonds is 3. The highest BCUT2D eigenvalue weighted by molar-refractivity contribution is 7.09. The van der Waals surface area contributed by atoms with E-state index in [1.54, 1.807) is 11.3 Å². The molecule has 1 amide bonds. The molecule has 1 aromatic rings. The van der Waals surface area contributed by atoms with Crippen LogP contribution in [0.2, 0.25) is 0 Å². The molecule has 1 aliphatic rings. The molecule has 80 valence electrons. The van der Waals surface area contributed by atoms with Crippen LogP contribution < -0.4 is 10.6 Å². The molecule has 2 N–H and O–H groups in total. The highest BCUT2D eigenvalue weighted by Gasteiger charge is 2.15. The molecule has 0 saturated carbocycles. The van der Waals surface area contributed by atoms with Crippen molar-refractivity contribution in [2.75, 3.05) is 13.1 Å². The van der Waals surface area contributed by atoms with Gasteiger partial charge in [-0.15, -0.1) is 11.3 Å². The third-order valence-electron chi connectivity index (χ3n) is 2.55. The molecule has 3 nitrogen and oxygen atoms in total. The Morgan fingerprint density at radius 1 is 1.60 bits per heavy atom. The molecule has 1 saturated heterocycles. The van der Waals surface area contributed by atoms with Gasteiger partial charge in [-0.2, -0.15) is 0 Å². The van der Waals surface area contributed by atoms with Crippen LogP contribution in [0.4, 0.5) is 0 Å². The molecule has 4 heteroatoms. The first-order chi connectivity index (χ1) is 7.27. The van der Waals surface area contributed by atoms with Crippen molar-refractivity contribution in [1.29, 1.82) is 0 Å². The van der Waals surface area contributed by atoms with Gasteiger partial charge in [0.05, 0.1) is 6.54 Å². The molecule has 0 aliphatic carbocycles. The van der Waals surface area contributed by atoms with Gasteiger partial charge in [0.1, 0.15) is 0 Å². The molecule has 0 bridgehead atoms. The lowest BCUT2D eigenvalue weighted by molar-refractivity contribution is -0.117. The zero-order chi connectivity index (χ0) is 10.7. The quantitative estimate of drug-likeness (QED) is 0.757. The first-order valence-corrected chi connectivity index (χ1v) is 5.85. The van der Waals surface area contributed by atoms with Gasteiger partial charge in [-0.05, 0) is 23.9 Å². The van der Waals surface area contributed by atoms with E-state index in [0.717, 1.165) is 18.7 Å². The van der Waals surface area contributed by atoms with Crippen molar-refractivity contribution in [3.05, 3.63) is 33.5 Å². The fourth-order valence-corrected chi connectivity index (χ4v) is 2.03. The van der Waals surface area contributed by atoms with Gasteiger partial charge in [0, 0.05) is 23.5 Å². The minimum atomic E-state index is 0.0555. The van der Waals surface area contributed by atoms with E-state index in [1.807, 2.05) is 24.4 Å². The fraction of sp³-hybridized carbons (Fsp3) is 0.364. The van der Waals surface area contributed by atoms with Gasteiger partial charge in [-0.25, -0.2) is 0 Å². The van der Waals surface area contributed by atoms with E-state index in [2.05, 4.69) is 10.6 Å². The lowest BCUT2D eigenvalue weighted by Crippen LogP contribution is -2.37. The van der Waals surface area contributed by atoms with Gasteiger partial charge >= 0.3 is 0 Å². The molecular formula is C11H14N2OS. The van der Waals surface area contributed by atoms with Crippen LogP contribution in [0.5, 0.6) is 0 Å². The normalized spacial score (nSPS) is 14.6. The summed E-state index contributed by atoms with van der Waals surface area (Å²) in [6.07, 6.45) is 0. The van der Waals surface area contributed by atoms with Crippen LogP contribution in [0.1, 0.15) is 11.8 Å². The third kappa shape index (κ3) is 2.46. The number of amides is 1. The minimum Gasteiger partial charge on any atom is -0.347 e. The van der Waals surface area contributed by atoms with Crippen LogP contribution in [0.3, 0.4) is 0 Å². The van der Waals surface area contributed by atoms with Crippen LogP contribution in [-0.4, -0.2) is 19.0 Å². The molecular weight excluding hydrogens is 208 g/mol. The van der Waals surface area contributed by atoms with Crippen molar-refractivity contribution in [2.24, 2.45) is 0 Å². The molecule has 0 aromatic carbocycles. The summed E-state index contributed by atoms with van der Waals surface area (Å²) in [6, 6.07) is 4.02. The Bertz CT molecular complexity index is 375. The highest BCUT2D eigenvalue weighted by atomic mass is 32.1. The smallest absolute Gasteiger partial charge is 0.247 e. The topological polar surface area (TPSA) is 41.1 Å². The summed E-state index contributed by atoms with van der Waals surface area (Å²) < 4.78 is 0. The first kappa shape index (κ1) is 10.4. The van der Waals surface area contributed by atoms with E-state index in [-0.39, 0.29) is 5.91 Å². The van der Waals surface area contributed by atoms with Crippen molar-refractivity contribution in [1.82, 2.24) is 10.6 Å². The Labute approximate surface area is 93.2 Å². The average molecular weight is 222 g/mol. The number of carbonyl (C=O) groups is 1. The Morgan fingerprint density at radius 3 is 2.93 bits per heavy atom. The monoisotopic (exact) mass is 222 g/mol. The van der Waals surface area contributed by atoms with E-state index in [0.29, 0.717) is 6.54 Å². The Kier molecular flexibility index (Phi) is 3.18. The van der Waals surface area contributed by atoms with E-state index >= 15 is 0 Å². The molecule has 0 spiro atoms. The molecule has 0 atom stereocenters. The molecule has 1 fully saturated rings. The molecule has 15 heavy (non-hydrogen) atoms. The predicted octanol–water partition coefficient (Wildman–Crippen LogP) is 1.28. The SMILES string of the molecule is CC(C(=O)NCc1cccs1)=C1CNC1. The van der Waals surface area contributed by atoms with Crippen molar-refractivity contribution in [3.63, 3.8) is 0 Å². The summed E-state index contributed by atoms with van der Waals surface area (Å²) in [6.45, 7) is 4.24. The Balaban J connectivity index is 1.87. The van der Waals surface area contributed by atoms with Gasteiger partial charge in [0.15, 0.2) is 0 Å². The van der Waals surface area contributed by atoms with Gasteiger partial charge in [0.25, 0.3) is 0 Å². The minimum absolute atomic E-state index is 0.0555. The largest absolute Gasteiger partial charge is 0.347 e. The average Bonchev–Trinajstić information content (AvgIpc) is 2.63. The molecule has 1 aliphatic heterocycles. The maximum atomic E-state index is 11.7. The summed E-state index contributed by atoms with van der Waals surface area (Å²) in [5.41, 5.74) is 2.09. The van der Waals surface area contributed by atoms with Crippen LogP contribution in [-0.2, 0) is 11.3 Å². The maximum absolute atomic E-state index is 11.7. The highest BCUT2D eigenvalue weighted by Crippen LogP contribution is 2.10. The molecule has 0 unspecified atom stereocenters. The number of nitrogens with one attached hydrogen (secondary N) is 2. The van der Waals surface area contributed by atoms with Gasteiger partial charge in [0.2, 0.25) is 5.91 Å². The van der Waals surface area contributed by atoms with Gasteiger partial charge in [-0.1, -0.05) is 6.07 Å². The number of hydrogen-bond acceptors (Lipinski definition) is 3. The zero-order valence-electron chi connectivity index (χ0n) is 8.67. The second-order valence-corrected chi connectivity index (χ2v) is 4.63. The number of carbonyl (C=O) groups excluding carboxylic acids is 1. The van der Waals surface area contributed by atoms with Crippen molar-refractivity contribution >= 4 is 17.2 Å². The summed E-state index contributed by atoms with van der Waals surface area (Å²) in [7, 11) is 0. The summed E-state index contributed by atoms with van der Waals surface area (Å²) >= 11 is 1.66. The van der Waals surface area contributed by atoms with E-state index in [9.17, 15) is 4.79 Å². The van der Waals surface area contributed by atoms with E-state index < -0.39 is 0 Å². The first-order valence-electron chi connectivity index (χ1n) is 4.97.